The highest BCUT2D eigenvalue weighted by Crippen LogP contribution is 2.31. The van der Waals surface area contributed by atoms with Crippen molar-refractivity contribution in [3.63, 3.8) is 0 Å². The van der Waals surface area contributed by atoms with Gasteiger partial charge in [0.05, 0.1) is 6.10 Å². The average Bonchev–Trinajstić information content (AvgIpc) is 2.85. The van der Waals surface area contributed by atoms with E-state index in [2.05, 4.69) is 0 Å². The molecule has 6 heteroatoms. The van der Waals surface area contributed by atoms with Crippen LogP contribution in [0, 0.1) is 0 Å². The number of urea groups is 1. The largest absolute Gasteiger partial charge is 0.480 e. The first-order chi connectivity index (χ1) is 7.95. The molecule has 96 valence electrons. The summed E-state index contributed by atoms with van der Waals surface area (Å²) >= 11 is 0. The van der Waals surface area contributed by atoms with Crippen LogP contribution in [0.5, 0.6) is 0 Å². The molecule has 2 amide bonds. The van der Waals surface area contributed by atoms with Gasteiger partial charge in [-0.2, -0.15) is 0 Å². The van der Waals surface area contributed by atoms with Crippen molar-refractivity contribution in [2.75, 3.05) is 19.6 Å². The fraction of sp³-hybridized carbons (Fsp3) is 0.818. The Morgan fingerprint density at radius 3 is 2.59 bits per heavy atom. The monoisotopic (exact) mass is 242 g/mol. The summed E-state index contributed by atoms with van der Waals surface area (Å²) in [7, 11) is 0. The van der Waals surface area contributed by atoms with Crippen LogP contribution in [0.1, 0.15) is 26.2 Å². The Labute approximate surface area is 99.8 Å². The topological polar surface area (TPSA) is 81.1 Å². The summed E-state index contributed by atoms with van der Waals surface area (Å²) in [5.74, 6) is -0.955. The summed E-state index contributed by atoms with van der Waals surface area (Å²) in [5, 5.41) is 18.6. The van der Waals surface area contributed by atoms with E-state index in [1.807, 2.05) is 0 Å². The van der Waals surface area contributed by atoms with Crippen LogP contribution in [0.4, 0.5) is 4.79 Å². The molecular formula is C11H18N2O4. The van der Waals surface area contributed by atoms with Gasteiger partial charge < -0.3 is 20.0 Å². The van der Waals surface area contributed by atoms with Gasteiger partial charge >= 0.3 is 12.0 Å². The molecule has 2 aliphatic rings. The van der Waals surface area contributed by atoms with Crippen LogP contribution < -0.4 is 0 Å². The number of rotatable bonds is 1. The standard InChI is InChI=1S/C11H18N2O4/c1-11(9(15)16)4-2-5-13(11)10(17)12-6-3-8(14)7-12/h8,14H,2-7H2,1H3,(H,15,16). The number of amides is 2. The minimum Gasteiger partial charge on any atom is -0.480 e. The number of hydrogen-bond acceptors (Lipinski definition) is 3. The van der Waals surface area contributed by atoms with Gasteiger partial charge in [0.2, 0.25) is 0 Å². The number of likely N-dealkylation sites (tertiary alicyclic amines) is 2. The summed E-state index contributed by atoms with van der Waals surface area (Å²) in [6.45, 7) is 2.89. The Morgan fingerprint density at radius 2 is 2.06 bits per heavy atom. The van der Waals surface area contributed by atoms with Crippen molar-refractivity contribution in [2.24, 2.45) is 0 Å². The zero-order valence-electron chi connectivity index (χ0n) is 9.93. The fourth-order valence-electron chi connectivity index (χ4n) is 2.58. The number of carboxylic acid groups (broad SMARTS) is 1. The Hall–Kier alpha value is -1.30. The van der Waals surface area contributed by atoms with Gasteiger partial charge in [0, 0.05) is 19.6 Å². The van der Waals surface area contributed by atoms with E-state index >= 15 is 0 Å². The lowest BCUT2D eigenvalue weighted by atomic mass is 10.00. The molecule has 17 heavy (non-hydrogen) atoms. The third kappa shape index (κ3) is 1.97. The molecular weight excluding hydrogens is 224 g/mol. The number of β-amino-alcohol motifs (C(OH)–C–C–N with tert-alkyl or cyclic N) is 1. The molecule has 0 aromatic heterocycles. The smallest absolute Gasteiger partial charge is 0.329 e. The molecule has 2 aliphatic heterocycles. The molecule has 0 saturated carbocycles. The molecule has 0 radical (unpaired) electrons. The van der Waals surface area contributed by atoms with Gasteiger partial charge in [-0.1, -0.05) is 0 Å². The fourth-order valence-corrected chi connectivity index (χ4v) is 2.58. The molecule has 2 fully saturated rings. The molecule has 2 unspecified atom stereocenters. The number of aliphatic hydroxyl groups excluding tert-OH is 1. The predicted octanol–water partition coefficient (Wildman–Crippen LogP) is 0.112. The van der Waals surface area contributed by atoms with E-state index < -0.39 is 17.6 Å². The number of carbonyl (C=O) groups excluding carboxylic acids is 1. The number of aliphatic hydroxyl groups is 1. The lowest BCUT2D eigenvalue weighted by Crippen LogP contribution is -2.54. The first kappa shape index (κ1) is 12.2. The minimum absolute atomic E-state index is 0.260. The van der Waals surface area contributed by atoms with Gasteiger partial charge in [-0.15, -0.1) is 0 Å². The van der Waals surface area contributed by atoms with Gasteiger partial charge in [0.25, 0.3) is 0 Å². The zero-order valence-corrected chi connectivity index (χ0v) is 9.93. The van der Waals surface area contributed by atoms with Crippen molar-refractivity contribution in [1.29, 1.82) is 0 Å². The number of nitrogens with zero attached hydrogens (tertiary/aromatic N) is 2. The van der Waals surface area contributed by atoms with Crippen LogP contribution >= 0.6 is 0 Å². The Kier molecular flexibility index (Phi) is 2.99. The number of carbonyl (C=O) groups is 2. The van der Waals surface area contributed by atoms with E-state index in [9.17, 15) is 19.8 Å². The highest BCUT2D eigenvalue weighted by Gasteiger charge is 2.47. The summed E-state index contributed by atoms with van der Waals surface area (Å²) in [4.78, 5) is 26.4. The van der Waals surface area contributed by atoms with Crippen LogP contribution in [0.25, 0.3) is 0 Å². The van der Waals surface area contributed by atoms with Crippen molar-refractivity contribution in [2.45, 2.75) is 37.8 Å². The SMILES string of the molecule is CC1(C(=O)O)CCCN1C(=O)N1CCC(O)C1. The van der Waals surface area contributed by atoms with E-state index in [-0.39, 0.29) is 6.03 Å². The second-order valence-corrected chi connectivity index (χ2v) is 5.01. The van der Waals surface area contributed by atoms with E-state index in [0.29, 0.717) is 38.9 Å². The zero-order chi connectivity index (χ0) is 12.6. The van der Waals surface area contributed by atoms with Gasteiger partial charge in [-0.05, 0) is 26.2 Å². The van der Waals surface area contributed by atoms with E-state index in [4.69, 9.17) is 0 Å². The number of aliphatic carboxylic acids is 1. The van der Waals surface area contributed by atoms with Crippen LogP contribution in [0.15, 0.2) is 0 Å². The summed E-state index contributed by atoms with van der Waals surface area (Å²) in [6.07, 6.45) is 1.30. The van der Waals surface area contributed by atoms with Crippen molar-refractivity contribution in [3.05, 3.63) is 0 Å². The second-order valence-electron chi connectivity index (χ2n) is 5.01. The molecule has 0 bridgehead atoms. The van der Waals surface area contributed by atoms with Crippen LogP contribution in [-0.2, 0) is 4.79 Å². The third-order valence-corrected chi connectivity index (χ3v) is 3.77. The Bertz CT molecular complexity index is 346. The molecule has 6 nitrogen and oxygen atoms in total. The van der Waals surface area contributed by atoms with E-state index in [1.165, 1.54) is 9.80 Å². The van der Waals surface area contributed by atoms with Gasteiger partial charge in [0.1, 0.15) is 5.54 Å². The molecule has 2 heterocycles. The van der Waals surface area contributed by atoms with Crippen molar-refractivity contribution < 1.29 is 19.8 Å². The average molecular weight is 242 g/mol. The molecule has 0 spiro atoms. The normalized spacial score (nSPS) is 33.2. The van der Waals surface area contributed by atoms with Crippen LogP contribution in [-0.4, -0.2) is 63.3 Å². The summed E-state index contributed by atoms with van der Waals surface area (Å²) < 4.78 is 0. The van der Waals surface area contributed by atoms with Gasteiger partial charge in [-0.3, -0.25) is 0 Å². The predicted molar refractivity (Wildman–Crippen MR) is 59.6 cm³/mol. The van der Waals surface area contributed by atoms with Crippen molar-refractivity contribution >= 4 is 12.0 Å². The molecule has 2 atom stereocenters. The molecule has 0 aromatic rings. The Morgan fingerprint density at radius 1 is 1.35 bits per heavy atom. The molecule has 0 aromatic carbocycles. The Balaban J connectivity index is 2.11. The summed E-state index contributed by atoms with van der Waals surface area (Å²) in [6, 6.07) is -0.260. The van der Waals surface area contributed by atoms with E-state index in [1.54, 1.807) is 6.92 Å². The maximum absolute atomic E-state index is 12.2. The lowest BCUT2D eigenvalue weighted by Gasteiger charge is -2.34. The lowest BCUT2D eigenvalue weighted by molar-refractivity contribution is -0.147. The molecule has 2 N–H and O–H groups in total. The number of hydrogen-bond donors (Lipinski definition) is 2. The van der Waals surface area contributed by atoms with Gasteiger partial charge in [-0.25, -0.2) is 9.59 Å². The number of carboxylic acids is 1. The molecule has 2 saturated heterocycles. The van der Waals surface area contributed by atoms with Gasteiger partial charge in [0.15, 0.2) is 0 Å². The highest BCUT2D eigenvalue weighted by atomic mass is 16.4. The van der Waals surface area contributed by atoms with Crippen LogP contribution in [0.3, 0.4) is 0 Å². The first-order valence-corrected chi connectivity index (χ1v) is 5.93. The van der Waals surface area contributed by atoms with E-state index in [0.717, 1.165) is 0 Å². The molecule has 2 rings (SSSR count). The summed E-state index contributed by atoms with van der Waals surface area (Å²) in [5.41, 5.74) is -1.09. The highest BCUT2D eigenvalue weighted by molar-refractivity contribution is 5.86. The minimum atomic E-state index is -1.09. The van der Waals surface area contributed by atoms with Crippen LogP contribution in [0.2, 0.25) is 0 Å². The molecule has 0 aliphatic carbocycles. The first-order valence-electron chi connectivity index (χ1n) is 5.93. The second kappa shape index (κ2) is 4.18. The van der Waals surface area contributed by atoms with Crippen molar-refractivity contribution in [3.8, 4) is 0 Å². The van der Waals surface area contributed by atoms with Crippen molar-refractivity contribution in [1.82, 2.24) is 9.80 Å². The maximum Gasteiger partial charge on any atom is 0.329 e. The quantitative estimate of drug-likeness (QED) is 0.684. The maximum atomic E-state index is 12.2. The third-order valence-electron chi connectivity index (χ3n) is 3.77.